The lowest BCUT2D eigenvalue weighted by molar-refractivity contribution is 0.130. The van der Waals surface area contributed by atoms with Gasteiger partial charge in [0.05, 0.1) is 6.61 Å². The van der Waals surface area contributed by atoms with Crippen LogP contribution in [-0.4, -0.2) is 17.8 Å². The first-order valence-electron chi connectivity index (χ1n) is 3.85. The van der Waals surface area contributed by atoms with Crippen molar-refractivity contribution in [2.75, 3.05) is 12.3 Å². The van der Waals surface area contributed by atoms with Crippen LogP contribution in [0.3, 0.4) is 0 Å². The average molecular weight is 167 g/mol. The molecule has 3 heteroatoms. The molecule has 3 nitrogen and oxygen atoms in total. The van der Waals surface area contributed by atoms with Gasteiger partial charge in [-0.15, -0.1) is 0 Å². The topological polar surface area (TPSA) is 55.5 Å². The number of rotatable bonds is 3. The van der Waals surface area contributed by atoms with E-state index in [1.807, 2.05) is 0 Å². The lowest BCUT2D eigenvalue weighted by Gasteiger charge is -2.11. The van der Waals surface area contributed by atoms with Crippen LogP contribution < -0.4 is 10.5 Å². The first-order valence-corrected chi connectivity index (χ1v) is 3.85. The largest absolute Gasteiger partial charge is 0.488 e. The van der Waals surface area contributed by atoms with Gasteiger partial charge in [-0.25, -0.2) is 0 Å². The Labute approximate surface area is 71.8 Å². The second-order valence-corrected chi connectivity index (χ2v) is 2.68. The first-order chi connectivity index (χ1) is 5.72. The maximum Gasteiger partial charge on any atom is 0.119 e. The van der Waals surface area contributed by atoms with Crippen LogP contribution >= 0.6 is 0 Å². The normalized spacial score (nSPS) is 12.5. The van der Waals surface area contributed by atoms with E-state index < -0.39 is 0 Å². The highest BCUT2D eigenvalue weighted by Gasteiger charge is 2.00. The third kappa shape index (κ3) is 2.43. The molecule has 0 saturated heterocycles. The molecule has 12 heavy (non-hydrogen) atoms. The molecule has 1 unspecified atom stereocenters. The van der Waals surface area contributed by atoms with Crippen molar-refractivity contribution in [3.63, 3.8) is 0 Å². The van der Waals surface area contributed by atoms with Gasteiger partial charge in [-0.1, -0.05) is 0 Å². The molecule has 0 heterocycles. The fourth-order valence-corrected chi connectivity index (χ4v) is 0.816. The van der Waals surface area contributed by atoms with E-state index in [0.717, 1.165) is 5.75 Å². The molecule has 0 aliphatic carbocycles. The fourth-order valence-electron chi connectivity index (χ4n) is 0.816. The summed E-state index contributed by atoms with van der Waals surface area (Å²) in [6.07, 6.45) is -0.173. The monoisotopic (exact) mass is 167 g/mol. The Bertz CT molecular complexity index is 233. The molecule has 0 aliphatic heterocycles. The SMILES string of the molecule is CC(CO)Oc1ccc(N)cc1. The number of nitrogens with two attached hydrogens (primary N) is 1. The van der Waals surface area contributed by atoms with Crippen molar-refractivity contribution in [1.82, 2.24) is 0 Å². The van der Waals surface area contributed by atoms with Crippen LogP contribution in [-0.2, 0) is 0 Å². The van der Waals surface area contributed by atoms with Crippen LogP contribution in [0.25, 0.3) is 0 Å². The second-order valence-electron chi connectivity index (χ2n) is 2.68. The fraction of sp³-hybridized carbons (Fsp3) is 0.333. The predicted octanol–water partition coefficient (Wildman–Crippen LogP) is 1.03. The van der Waals surface area contributed by atoms with Crippen LogP contribution in [0.15, 0.2) is 24.3 Å². The minimum Gasteiger partial charge on any atom is -0.488 e. The Morgan fingerprint density at radius 3 is 2.50 bits per heavy atom. The third-order valence-corrected chi connectivity index (χ3v) is 1.47. The number of hydrogen-bond acceptors (Lipinski definition) is 3. The number of aliphatic hydroxyl groups is 1. The zero-order valence-corrected chi connectivity index (χ0v) is 7.03. The second kappa shape index (κ2) is 3.97. The molecule has 3 N–H and O–H groups in total. The standard InChI is InChI=1S/C9H13NO2/c1-7(6-11)12-9-4-2-8(10)3-5-9/h2-5,7,11H,6,10H2,1H3. The van der Waals surface area contributed by atoms with Gasteiger partial charge in [0.15, 0.2) is 0 Å². The Kier molecular flexibility index (Phi) is 2.94. The van der Waals surface area contributed by atoms with E-state index >= 15 is 0 Å². The van der Waals surface area contributed by atoms with Crippen molar-refractivity contribution >= 4 is 5.69 Å². The van der Waals surface area contributed by atoms with E-state index in [9.17, 15) is 0 Å². The molecule has 1 aromatic rings. The highest BCUT2D eigenvalue weighted by molar-refractivity contribution is 5.41. The van der Waals surface area contributed by atoms with Gasteiger partial charge in [-0.2, -0.15) is 0 Å². The van der Waals surface area contributed by atoms with Crippen molar-refractivity contribution in [3.05, 3.63) is 24.3 Å². The summed E-state index contributed by atoms with van der Waals surface area (Å²) in [5.41, 5.74) is 6.19. The van der Waals surface area contributed by atoms with Gasteiger partial charge in [0, 0.05) is 5.69 Å². The molecule has 1 atom stereocenters. The molecule has 66 valence electrons. The summed E-state index contributed by atoms with van der Waals surface area (Å²) < 4.78 is 5.31. The average Bonchev–Trinajstić information content (AvgIpc) is 2.09. The van der Waals surface area contributed by atoms with E-state index in [0.29, 0.717) is 5.69 Å². The van der Waals surface area contributed by atoms with Crippen molar-refractivity contribution < 1.29 is 9.84 Å². The van der Waals surface area contributed by atoms with E-state index in [1.165, 1.54) is 0 Å². The Hall–Kier alpha value is -1.22. The van der Waals surface area contributed by atoms with Crippen LogP contribution in [0.5, 0.6) is 5.75 Å². The summed E-state index contributed by atoms with van der Waals surface area (Å²) in [7, 11) is 0. The Morgan fingerprint density at radius 1 is 1.42 bits per heavy atom. The van der Waals surface area contributed by atoms with Gasteiger partial charge < -0.3 is 15.6 Å². The predicted molar refractivity (Wildman–Crippen MR) is 48.0 cm³/mol. The zero-order valence-electron chi connectivity index (χ0n) is 7.03. The quantitative estimate of drug-likeness (QED) is 0.661. The zero-order chi connectivity index (χ0) is 8.97. The van der Waals surface area contributed by atoms with Crippen LogP contribution in [0.4, 0.5) is 5.69 Å². The smallest absolute Gasteiger partial charge is 0.119 e. The van der Waals surface area contributed by atoms with E-state index in [-0.39, 0.29) is 12.7 Å². The van der Waals surface area contributed by atoms with Gasteiger partial charge in [-0.3, -0.25) is 0 Å². The van der Waals surface area contributed by atoms with Gasteiger partial charge in [-0.05, 0) is 31.2 Å². The van der Waals surface area contributed by atoms with Gasteiger partial charge in [0.25, 0.3) is 0 Å². The molecule has 0 spiro atoms. The molecule has 0 bridgehead atoms. The lowest BCUT2D eigenvalue weighted by Crippen LogP contribution is -2.15. The maximum atomic E-state index is 8.70. The molecule has 1 aromatic carbocycles. The van der Waals surface area contributed by atoms with Crippen LogP contribution in [0.1, 0.15) is 6.92 Å². The maximum absolute atomic E-state index is 8.70. The Balaban J connectivity index is 2.58. The number of hydrogen-bond donors (Lipinski definition) is 2. The summed E-state index contributed by atoms with van der Waals surface area (Å²) in [5.74, 6) is 0.728. The molecule has 1 rings (SSSR count). The lowest BCUT2D eigenvalue weighted by atomic mass is 10.3. The molecule has 0 amide bonds. The van der Waals surface area contributed by atoms with Crippen LogP contribution in [0.2, 0.25) is 0 Å². The number of aliphatic hydroxyl groups excluding tert-OH is 1. The summed E-state index contributed by atoms with van der Waals surface area (Å²) in [4.78, 5) is 0. The molecular formula is C9H13NO2. The van der Waals surface area contributed by atoms with Crippen LogP contribution in [0, 0.1) is 0 Å². The highest BCUT2D eigenvalue weighted by atomic mass is 16.5. The summed E-state index contributed by atoms with van der Waals surface area (Å²) >= 11 is 0. The summed E-state index contributed by atoms with van der Waals surface area (Å²) in [6, 6.07) is 7.09. The molecule has 0 aromatic heterocycles. The summed E-state index contributed by atoms with van der Waals surface area (Å²) in [5, 5.41) is 8.70. The molecular weight excluding hydrogens is 154 g/mol. The first kappa shape index (κ1) is 8.87. The minimum absolute atomic E-state index is 0.0182. The third-order valence-electron chi connectivity index (χ3n) is 1.47. The number of ether oxygens (including phenoxy) is 1. The Morgan fingerprint density at radius 2 is 2.00 bits per heavy atom. The van der Waals surface area contributed by atoms with Crippen molar-refractivity contribution in [2.45, 2.75) is 13.0 Å². The molecule has 0 fully saturated rings. The van der Waals surface area contributed by atoms with E-state index in [4.69, 9.17) is 15.6 Å². The van der Waals surface area contributed by atoms with Crippen molar-refractivity contribution in [2.24, 2.45) is 0 Å². The molecule has 0 radical (unpaired) electrons. The van der Waals surface area contributed by atoms with Crippen molar-refractivity contribution in [1.29, 1.82) is 0 Å². The summed E-state index contributed by atoms with van der Waals surface area (Å²) in [6.45, 7) is 1.82. The van der Waals surface area contributed by atoms with Gasteiger partial charge in [0.2, 0.25) is 0 Å². The number of nitrogen functional groups attached to an aromatic ring is 1. The number of anilines is 1. The van der Waals surface area contributed by atoms with E-state index in [1.54, 1.807) is 31.2 Å². The molecule has 0 saturated carbocycles. The number of benzene rings is 1. The van der Waals surface area contributed by atoms with Crippen molar-refractivity contribution in [3.8, 4) is 5.75 Å². The minimum atomic E-state index is -0.173. The van der Waals surface area contributed by atoms with Gasteiger partial charge in [0.1, 0.15) is 11.9 Å². The highest BCUT2D eigenvalue weighted by Crippen LogP contribution is 2.14. The van der Waals surface area contributed by atoms with E-state index in [2.05, 4.69) is 0 Å². The molecule has 0 aliphatic rings. The van der Waals surface area contributed by atoms with Gasteiger partial charge >= 0.3 is 0 Å².